The van der Waals surface area contributed by atoms with Gasteiger partial charge in [-0.15, -0.1) is 0 Å². The Labute approximate surface area is 131 Å². The minimum absolute atomic E-state index is 0.254. The first kappa shape index (κ1) is 14.7. The Balaban J connectivity index is 1.86. The second-order valence-electron chi connectivity index (χ2n) is 5.89. The van der Waals surface area contributed by atoms with E-state index in [9.17, 15) is 0 Å². The Bertz CT molecular complexity index is 673. The van der Waals surface area contributed by atoms with Crippen molar-refractivity contribution >= 4 is 5.90 Å². The predicted molar refractivity (Wildman–Crippen MR) is 87.6 cm³/mol. The number of aromatic nitrogens is 1. The quantitative estimate of drug-likeness (QED) is 0.848. The highest BCUT2D eigenvalue weighted by Crippen LogP contribution is 2.22. The molecule has 4 nitrogen and oxygen atoms in total. The fraction of sp³-hybridized carbons (Fsp3) is 0.389. The Hall–Kier alpha value is -2.23. The molecular weight excluding hydrogens is 276 g/mol. The van der Waals surface area contributed by atoms with Crippen LogP contribution in [-0.2, 0) is 11.3 Å². The van der Waals surface area contributed by atoms with Gasteiger partial charge in [-0.05, 0) is 24.1 Å². The summed E-state index contributed by atoms with van der Waals surface area (Å²) in [6, 6.07) is 12.4. The number of benzene rings is 1. The van der Waals surface area contributed by atoms with Crippen LogP contribution in [0.4, 0.5) is 0 Å². The molecule has 0 saturated heterocycles. The molecule has 0 amide bonds. The number of methoxy groups -OCH3 is 1. The molecule has 0 aliphatic carbocycles. The van der Waals surface area contributed by atoms with E-state index in [2.05, 4.69) is 36.7 Å². The molecule has 0 radical (unpaired) electrons. The third kappa shape index (κ3) is 2.86. The summed E-state index contributed by atoms with van der Waals surface area (Å²) in [5.74, 6) is 2.14. The van der Waals surface area contributed by atoms with Crippen LogP contribution in [0.1, 0.15) is 25.1 Å². The van der Waals surface area contributed by atoms with Gasteiger partial charge in [-0.1, -0.05) is 32.0 Å². The summed E-state index contributed by atoms with van der Waals surface area (Å²) < 4.78 is 13.4. The molecule has 3 rings (SSSR count). The first-order valence-corrected chi connectivity index (χ1v) is 7.67. The average Bonchev–Trinajstić information content (AvgIpc) is 3.16. The standard InChI is InChI=1S/C18H22N2O2/c1-13(2)15-12-22-18(19-15)16-8-6-10-20(16)11-14-7-4-5-9-17(14)21-3/h4-10,13,15H,11-12H2,1-3H3. The lowest BCUT2D eigenvalue weighted by molar-refractivity contribution is 0.290. The molecule has 2 heterocycles. The van der Waals surface area contributed by atoms with Gasteiger partial charge in [-0.25, -0.2) is 4.99 Å². The summed E-state index contributed by atoms with van der Waals surface area (Å²) in [7, 11) is 1.70. The molecule has 4 heteroatoms. The van der Waals surface area contributed by atoms with Crippen LogP contribution in [0.15, 0.2) is 47.6 Å². The van der Waals surface area contributed by atoms with Gasteiger partial charge in [-0.3, -0.25) is 0 Å². The van der Waals surface area contributed by atoms with E-state index in [1.165, 1.54) is 0 Å². The number of hydrogen-bond donors (Lipinski definition) is 0. The van der Waals surface area contributed by atoms with Crippen LogP contribution in [0.2, 0.25) is 0 Å². The van der Waals surface area contributed by atoms with Crippen molar-refractivity contribution in [2.75, 3.05) is 13.7 Å². The lowest BCUT2D eigenvalue weighted by Crippen LogP contribution is -2.13. The number of rotatable bonds is 5. The van der Waals surface area contributed by atoms with Crippen molar-refractivity contribution in [3.8, 4) is 5.75 Å². The number of para-hydroxylation sites is 1. The third-order valence-electron chi connectivity index (χ3n) is 4.03. The van der Waals surface area contributed by atoms with Crippen LogP contribution in [-0.4, -0.2) is 30.2 Å². The van der Waals surface area contributed by atoms with Gasteiger partial charge in [0.1, 0.15) is 18.1 Å². The number of nitrogens with zero attached hydrogens (tertiary/aromatic N) is 2. The lowest BCUT2D eigenvalue weighted by atomic mass is 10.1. The highest BCUT2D eigenvalue weighted by Gasteiger charge is 2.24. The van der Waals surface area contributed by atoms with E-state index in [1.54, 1.807) is 7.11 Å². The normalized spacial score (nSPS) is 17.5. The topological polar surface area (TPSA) is 35.8 Å². The van der Waals surface area contributed by atoms with Crippen LogP contribution in [0.25, 0.3) is 0 Å². The van der Waals surface area contributed by atoms with Crippen molar-refractivity contribution < 1.29 is 9.47 Å². The van der Waals surface area contributed by atoms with Crippen molar-refractivity contribution in [2.24, 2.45) is 10.9 Å². The van der Waals surface area contributed by atoms with Crippen molar-refractivity contribution in [1.29, 1.82) is 0 Å². The monoisotopic (exact) mass is 298 g/mol. The molecule has 116 valence electrons. The average molecular weight is 298 g/mol. The summed E-state index contributed by atoms with van der Waals surface area (Å²) in [6.07, 6.45) is 2.05. The van der Waals surface area contributed by atoms with E-state index in [0.29, 0.717) is 12.5 Å². The van der Waals surface area contributed by atoms with Crippen molar-refractivity contribution in [3.63, 3.8) is 0 Å². The van der Waals surface area contributed by atoms with E-state index in [0.717, 1.165) is 29.4 Å². The molecular formula is C18H22N2O2. The zero-order chi connectivity index (χ0) is 15.5. The first-order chi connectivity index (χ1) is 10.7. The van der Waals surface area contributed by atoms with Gasteiger partial charge in [-0.2, -0.15) is 0 Å². The van der Waals surface area contributed by atoms with Gasteiger partial charge in [0.15, 0.2) is 0 Å². The van der Waals surface area contributed by atoms with Gasteiger partial charge in [0.05, 0.1) is 19.7 Å². The minimum atomic E-state index is 0.254. The van der Waals surface area contributed by atoms with Crippen LogP contribution in [0, 0.1) is 5.92 Å². The minimum Gasteiger partial charge on any atom is -0.496 e. The number of hydrogen-bond acceptors (Lipinski definition) is 3. The van der Waals surface area contributed by atoms with E-state index < -0.39 is 0 Å². The highest BCUT2D eigenvalue weighted by atomic mass is 16.5. The van der Waals surface area contributed by atoms with Gasteiger partial charge in [0.25, 0.3) is 0 Å². The van der Waals surface area contributed by atoms with Crippen LogP contribution >= 0.6 is 0 Å². The second-order valence-corrected chi connectivity index (χ2v) is 5.89. The van der Waals surface area contributed by atoms with E-state index in [-0.39, 0.29) is 6.04 Å². The number of ether oxygens (including phenoxy) is 2. The molecule has 2 aromatic rings. The van der Waals surface area contributed by atoms with Gasteiger partial charge in [0.2, 0.25) is 5.90 Å². The SMILES string of the molecule is COc1ccccc1Cn1cccc1C1=NC(C(C)C)CO1. The first-order valence-electron chi connectivity index (χ1n) is 7.67. The molecule has 1 atom stereocenters. The van der Waals surface area contributed by atoms with Gasteiger partial charge in [0, 0.05) is 11.8 Å². The molecule has 0 N–H and O–H groups in total. The third-order valence-corrected chi connectivity index (χ3v) is 4.03. The summed E-state index contributed by atoms with van der Waals surface area (Å²) in [4.78, 5) is 4.72. The lowest BCUT2D eigenvalue weighted by Gasteiger charge is -2.12. The molecule has 1 aromatic carbocycles. The molecule has 22 heavy (non-hydrogen) atoms. The summed E-state index contributed by atoms with van der Waals surface area (Å²) in [6.45, 7) is 5.76. The highest BCUT2D eigenvalue weighted by molar-refractivity contribution is 5.93. The molecule has 0 bridgehead atoms. The fourth-order valence-corrected chi connectivity index (χ4v) is 2.63. The Morgan fingerprint density at radius 2 is 2.09 bits per heavy atom. The predicted octanol–water partition coefficient (Wildman–Crippen LogP) is 3.35. The Morgan fingerprint density at radius 1 is 1.27 bits per heavy atom. The maximum atomic E-state index is 5.80. The summed E-state index contributed by atoms with van der Waals surface area (Å²) >= 11 is 0. The van der Waals surface area contributed by atoms with Gasteiger partial charge < -0.3 is 14.0 Å². The maximum absolute atomic E-state index is 5.80. The molecule has 1 aliphatic heterocycles. The zero-order valence-corrected chi connectivity index (χ0v) is 13.3. The molecule has 0 fully saturated rings. The van der Waals surface area contributed by atoms with Crippen molar-refractivity contribution in [1.82, 2.24) is 4.57 Å². The molecule has 1 unspecified atom stereocenters. The fourth-order valence-electron chi connectivity index (χ4n) is 2.63. The molecule has 1 aromatic heterocycles. The molecule has 1 aliphatic rings. The Kier molecular flexibility index (Phi) is 4.18. The number of aliphatic imine (C=N–C) groups is 1. The molecule has 0 saturated carbocycles. The zero-order valence-electron chi connectivity index (χ0n) is 13.3. The van der Waals surface area contributed by atoms with Crippen molar-refractivity contribution in [2.45, 2.75) is 26.4 Å². The smallest absolute Gasteiger partial charge is 0.233 e. The maximum Gasteiger partial charge on any atom is 0.233 e. The van der Waals surface area contributed by atoms with Crippen LogP contribution in [0.5, 0.6) is 5.75 Å². The molecule has 0 spiro atoms. The van der Waals surface area contributed by atoms with Crippen LogP contribution < -0.4 is 4.74 Å². The van der Waals surface area contributed by atoms with E-state index >= 15 is 0 Å². The van der Waals surface area contributed by atoms with Crippen LogP contribution in [0.3, 0.4) is 0 Å². The largest absolute Gasteiger partial charge is 0.496 e. The summed E-state index contributed by atoms with van der Waals surface area (Å²) in [5.41, 5.74) is 2.16. The van der Waals surface area contributed by atoms with E-state index in [4.69, 9.17) is 14.5 Å². The second kappa shape index (κ2) is 6.26. The van der Waals surface area contributed by atoms with E-state index in [1.807, 2.05) is 24.3 Å². The van der Waals surface area contributed by atoms with Gasteiger partial charge >= 0.3 is 0 Å². The van der Waals surface area contributed by atoms with Crippen molar-refractivity contribution in [3.05, 3.63) is 53.9 Å². The Morgan fingerprint density at radius 3 is 2.82 bits per heavy atom. The summed E-state index contributed by atoms with van der Waals surface area (Å²) in [5, 5.41) is 0.